The van der Waals surface area contributed by atoms with Crippen molar-refractivity contribution in [1.29, 1.82) is 0 Å². The van der Waals surface area contributed by atoms with Crippen LogP contribution in [0.15, 0.2) is 54.7 Å². The molecule has 0 saturated carbocycles. The van der Waals surface area contributed by atoms with E-state index in [0.717, 1.165) is 23.9 Å². The number of hydrogen-bond donors (Lipinski definition) is 1. The Morgan fingerprint density at radius 1 is 1.20 bits per heavy atom. The lowest BCUT2D eigenvalue weighted by Gasteiger charge is -2.17. The molecule has 0 radical (unpaired) electrons. The van der Waals surface area contributed by atoms with Crippen LogP contribution in [0.4, 0.5) is 20.3 Å². The number of carbonyl (C=O) groups excluding carboxylic acids is 2. The Balaban J connectivity index is 1.50. The first-order chi connectivity index (χ1) is 14.4. The van der Waals surface area contributed by atoms with Crippen LogP contribution in [-0.4, -0.2) is 28.1 Å². The van der Waals surface area contributed by atoms with E-state index in [4.69, 9.17) is 0 Å². The van der Waals surface area contributed by atoms with Crippen LogP contribution < -0.4 is 10.2 Å². The number of benzene rings is 2. The number of hydrogen-bond acceptors (Lipinski definition) is 3. The molecule has 0 bridgehead atoms. The molecule has 1 aliphatic rings. The van der Waals surface area contributed by atoms with Gasteiger partial charge in [-0.2, -0.15) is 5.10 Å². The lowest BCUT2D eigenvalue weighted by Crippen LogP contribution is -2.29. The Morgan fingerprint density at radius 2 is 1.97 bits per heavy atom. The van der Waals surface area contributed by atoms with E-state index in [0.29, 0.717) is 11.4 Å². The van der Waals surface area contributed by atoms with Gasteiger partial charge in [0.15, 0.2) is 0 Å². The van der Waals surface area contributed by atoms with Crippen LogP contribution in [0.2, 0.25) is 0 Å². The van der Waals surface area contributed by atoms with Gasteiger partial charge in [-0.15, -0.1) is 0 Å². The Kier molecular flexibility index (Phi) is 5.31. The van der Waals surface area contributed by atoms with Crippen molar-refractivity contribution in [3.05, 3.63) is 77.5 Å². The number of amides is 2. The van der Waals surface area contributed by atoms with Crippen LogP contribution in [-0.2, 0) is 16.1 Å². The van der Waals surface area contributed by atoms with Crippen LogP contribution in [0.5, 0.6) is 0 Å². The minimum absolute atomic E-state index is 0.0349. The van der Waals surface area contributed by atoms with Gasteiger partial charge < -0.3 is 10.2 Å². The Bertz CT molecular complexity index is 1100. The second kappa shape index (κ2) is 8.06. The second-order valence-corrected chi connectivity index (χ2v) is 7.30. The number of nitrogens with one attached hydrogen (secondary N) is 1. The van der Waals surface area contributed by atoms with E-state index in [2.05, 4.69) is 10.4 Å². The van der Waals surface area contributed by atoms with E-state index < -0.39 is 17.6 Å². The molecule has 154 valence electrons. The third-order valence-corrected chi connectivity index (χ3v) is 5.16. The van der Waals surface area contributed by atoms with Crippen molar-refractivity contribution in [2.45, 2.75) is 19.9 Å². The molecule has 1 fully saturated rings. The maximum Gasteiger partial charge on any atom is 0.230 e. The highest BCUT2D eigenvalue weighted by atomic mass is 19.1. The molecule has 30 heavy (non-hydrogen) atoms. The molecule has 1 aliphatic heterocycles. The molecule has 0 spiro atoms. The van der Waals surface area contributed by atoms with Crippen molar-refractivity contribution in [1.82, 2.24) is 9.78 Å². The molecular formula is C22H20F2N4O2. The Labute approximate surface area is 172 Å². The minimum atomic E-state index is -0.554. The summed E-state index contributed by atoms with van der Waals surface area (Å²) in [4.78, 5) is 26.8. The number of para-hydroxylation sites is 1. The predicted octanol–water partition coefficient (Wildman–Crippen LogP) is 3.51. The zero-order chi connectivity index (χ0) is 21.3. The van der Waals surface area contributed by atoms with E-state index in [1.54, 1.807) is 18.0 Å². The van der Waals surface area contributed by atoms with Crippen LogP contribution in [0.3, 0.4) is 0 Å². The number of aryl methyl sites for hydroxylation is 1. The first-order valence-electron chi connectivity index (χ1n) is 9.55. The molecule has 1 atom stereocenters. The summed E-state index contributed by atoms with van der Waals surface area (Å²) in [6.07, 6.45) is 1.65. The van der Waals surface area contributed by atoms with E-state index in [-0.39, 0.29) is 36.9 Å². The quantitative estimate of drug-likeness (QED) is 0.700. The molecule has 8 heteroatoms. The third-order valence-electron chi connectivity index (χ3n) is 5.16. The van der Waals surface area contributed by atoms with Gasteiger partial charge in [-0.3, -0.25) is 9.59 Å². The number of halogens is 2. The fourth-order valence-electron chi connectivity index (χ4n) is 3.55. The van der Waals surface area contributed by atoms with E-state index in [9.17, 15) is 18.4 Å². The number of rotatable bonds is 5. The van der Waals surface area contributed by atoms with Gasteiger partial charge in [-0.1, -0.05) is 18.2 Å². The molecule has 2 aromatic carbocycles. The van der Waals surface area contributed by atoms with Crippen molar-refractivity contribution in [3.8, 4) is 0 Å². The highest BCUT2D eigenvalue weighted by Crippen LogP contribution is 2.26. The van der Waals surface area contributed by atoms with Crippen molar-refractivity contribution in [2.75, 3.05) is 16.8 Å². The second-order valence-electron chi connectivity index (χ2n) is 7.30. The average molecular weight is 410 g/mol. The SMILES string of the molecule is Cc1cnn(Cc2cc(F)ccc2F)c1NC(=O)C1CC(=O)N(c2ccccc2)C1. The molecule has 2 amide bonds. The summed E-state index contributed by atoms with van der Waals surface area (Å²) in [5, 5.41) is 6.99. The molecule has 1 unspecified atom stereocenters. The summed E-state index contributed by atoms with van der Waals surface area (Å²) >= 11 is 0. The molecule has 2 heterocycles. The highest BCUT2D eigenvalue weighted by Gasteiger charge is 2.35. The van der Waals surface area contributed by atoms with E-state index in [1.807, 2.05) is 30.3 Å². The summed E-state index contributed by atoms with van der Waals surface area (Å²) in [5.41, 5.74) is 1.56. The van der Waals surface area contributed by atoms with Crippen molar-refractivity contribution in [3.63, 3.8) is 0 Å². The van der Waals surface area contributed by atoms with Crippen LogP contribution in [0.1, 0.15) is 17.5 Å². The topological polar surface area (TPSA) is 67.2 Å². The van der Waals surface area contributed by atoms with Crippen molar-refractivity contribution in [2.24, 2.45) is 5.92 Å². The van der Waals surface area contributed by atoms with Crippen LogP contribution >= 0.6 is 0 Å². The average Bonchev–Trinajstić information content (AvgIpc) is 3.29. The summed E-state index contributed by atoms with van der Waals surface area (Å²) in [5.74, 6) is -1.66. The Morgan fingerprint density at radius 3 is 2.73 bits per heavy atom. The molecule has 1 saturated heterocycles. The largest absolute Gasteiger partial charge is 0.312 e. The van der Waals surface area contributed by atoms with E-state index >= 15 is 0 Å². The number of carbonyl (C=O) groups is 2. The van der Waals surface area contributed by atoms with Gasteiger partial charge in [0.05, 0.1) is 18.7 Å². The van der Waals surface area contributed by atoms with Crippen molar-refractivity contribution >= 4 is 23.3 Å². The molecule has 6 nitrogen and oxygen atoms in total. The highest BCUT2D eigenvalue weighted by molar-refractivity contribution is 6.03. The van der Waals surface area contributed by atoms with E-state index in [1.165, 1.54) is 4.68 Å². The molecular weight excluding hydrogens is 390 g/mol. The molecule has 1 aromatic heterocycles. The first kappa shape index (κ1) is 19.8. The summed E-state index contributed by atoms with van der Waals surface area (Å²) < 4.78 is 28.9. The standard InChI is InChI=1S/C22H20F2N4O2/c1-14-11-25-28(13-15-9-17(23)7-8-19(15)24)21(14)26-22(30)16-10-20(29)27(12-16)18-5-3-2-4-6-18/h2-9,11,16H,10,12-13H2,1H3,(H,26,30). The summed E-state index contributed by atoms with van der Waals surface area (Å²) in [6, 6.07) is 12.4. The monoisotopic (exact) mass is 410 g/mol. The van der Waals surface area contributed by atoms with Gasteiger partial charge >= 0.3 is 0 Å². The van der Waals surface area contributed by atoms with Gasteiger partial charge in [0, 0.05) is 29.8 Å². The van der Waals surface area contributed by atoms with Crippen molar-refractivity contribution < 1.29 is 18.4 Å². The summed E-state index contributed by atoms with van der Waals surface area (Å²) in [6.45, 7) is 2.00. The van der Waals surface area contributed by atoms with Gasteiger partial charge in [-0.05, 0) is 37.3 Å². The molecule has 3 aromatic rings. The van der Waals surface area contributed by atoms with Gasteiger partial charge in [0.1, 0.15) is 17.5 Å². The van der Waals surface area contributed by atoms with Gasteiger partial charge in [0.25, 0.3) is 0 Å². The lowest BCUT2D eigenvalue weighted by molar-refractivity contribution is -0.122. The van der Waals surface area contributed by atoms with Crippen LogP contribution in [0, 0.1) is 24.5 Å². The molecule has 4 rings (SSSR count). The normalized spacial score (nSPS) is 16.2. The van der Waals surface area contributed by atoms with Gasteiger partial charge in [-0.25, -0.2) is 13.5 Å². The maximum absolute atomic E-state index is 14.0. The van der Waals surface area contributed by atoms with Gasteiger partial charge in [0.2, 0.25) is 11.8 Å². The Hall–Kier alpha value is -3.55. The minimum Gasteiger partial charge on any atom is -0.312 e. The zero-order valence-electron chi connectivity index (χ0n) is 16.3. The fourth-order valence-corrected chi connectivity index (χ4v) is 3.55. The summed E-state index contributed by atoms with van der Waals surface area (Å²) in [7, 11) is 0. The first-order valence-corrected chi connectivity index (χ1v) is 9.55. The fraction of sp³-hybridized carbons (Fsp3) is 0.227. The molecule has 1 N–H and O–H groups in total. The van der Waals surface area contributed by atoms with Crippen LogP contribution in [0.25, 0.3) is 0 Å². The number of aromatic nitrogens is 2. The smallest absolute Gasteiger partial charge is 0.230 e. The lowest BCUT2D eigenvalue weighted by atomic mass is 10.1. The molecule has 0 aliphatic carbocycles. The maximum atomic E-state index is 14.0. The predicted molar refractivity (Wildman–Crippen MR) is 108 cm³/mol. The number of nitrogens with zero attached hydrogens (tertiary/aromatic N) is 3. The number of anilines is 2. The zero-order valence-corrected chi connectivity index (χ0v) is 16.3. The third kappa shape index (κ3) is 3.94.